The first-order valence-electron chi connectivity index (χ1n) is 12.3. The number of aromatic nitrogens is 4. The number of fused-ring (bicyclic) bond motifs is 1. The zero-order valence-corrected chi connectivity index (χ0v) is 25.1. The Bertz CT molecular complexity index is 1730. The number of anilines is 1. The highest BCUT2D eigenvalue weighted by molar-refractivity contribution is 7.66. The second kappa shape index (κ2) is 13.4. The number of carbonyl (C=O) groups excluding carboxylic acids is 1. The highest BCUT2D eigenvalue weighted by atomic mass is 31.3. The number of benzene rings is 1. The Balaban J connectivity index is 1.57. The molecule has 0 aliphatic carbocycles. The molecule has 0 spiro atoms. The van der Waals surface area contributed by atoms with Gasteiger partial charge >= 0.3 is 29.4 Å². The highest BCUT2D eigenvalue weighted by Gasteiger charge is 2.44. The number of rotatable bonds is 13. The van der Waals surface area contributed by atoms with Gasteiger partial charge in [0, 0.05) is 17.4 Å². The molecule has 1 aliphatic rings. The number of esters is 1. The molecule has 1 aromatic carbocycles. The topological polar surface area (TPSA) is 314 Å². The van der Waals surface area contributed by atoms with Gasteiger partial charge in [-0.3, -0.25) is 9.09 Å². The van der Waals surface area contributed by atoms with E-state index >= 15 is 0 Å². The predicted molar refractivity (Wildman–Crippen MR) is 146 cm³/mol. The summed E-state index contributed by atoms with van der Waals surface area (Å²) in [7, 11) is -16.9. The molecule has 4 unspecified atom stereocenters. The minimum atomic E-state index is -5.78. The smallest absolute Gasteiger partial charge is 0.456 e. The van der Waals surface area contributed by atoms with Crippen LogP contribution < -0.4 is 5.73 Å². The fourth-order valence-electron chi connectivity index (χ4n) is 4.24. The Morgan fingerprint density at radius 3 is 2.61 bits per heavy atom. The number of carbonyl (C=O) groups is 1. The first-order valence-corrected chi connectivity index (χ1v) is 16.8. The second-order valence-electron chi connectivity index (χ2n) is 9.19. The van der Waals surface area contributed by atoms with Crippen LogP contribution in [-0.4, -0.2) is 69.9 Å². The van der Waals surface area contributed by atoms with E-state index in [4.69, 9.17) is 35.0 Å². The molecule has 0 amide bonds. The second-order valence-corrected chi connectivity index (χ2v) is 13.6. The van der Waals surface area contributed by atoms with Crippen molar-refractivity contribution in [3.05, 3.63) is 58.5 Å². The number of ether oxygens (including phenoxy) is 2. The summed E-state index contributed by atoms with van der Waals surface area (Å²) in [5, 5.41) is 3.61. The molecule has 4 rings (SSSR count). The third kappa shape index (κ3) is 8.67. The Kier molecular flexibility index (Phi) is 10.2. The Morgan fingerprint density at radius 2 is 1.91 bits per heavy atom. The summed E-state index contributed by atoms with van der Waals surface area (Å²) in [4.78, 5) is 65.0. The summed E-state index contributed by atoms with van der Waals surface area (Å²) >= 11 is 0. The molecule has 2 aromatic heterocycles. The van der Waals surface area contributed by atoms with Crippen LogP contribution >= 0.6 is 23.5 Å². The average molecular weight is 678 g/mol. The lowest BCUT2D eigenvalue weighted by molar-refractivity contribution is -0.0490. The normalized spacial score (nSPS) is 22.1. The summed E-state index contributed by atoms with van der Waals surface area (Å²) in [6.45, 7) is 0.763. The number of azide groups is 1. The largest absolute Gasteiger partial charge is 0.490 e. The van der Waals surface area contributed by atoms with Crippen LogP contribution in [0.4, 0.5) is 5.82 Å². The van der Waals surface area contributed by atoms with Crippen molar-refractivity contribution in [2.45, 2.75) is 44.2 Å². The standard InChI is InChI=1S/C20H25N8O13P3/c1-11(26-27-22)6-12-4-2-3-5-13(12)20(29)39-14-7-16(28-10-25-17-18(21)23-9-24-19(17)28)38-15(14)8-37-43(33,34)41-44(35,36)40-42(30,31)32/h2-5,9-11,14-16H,6-8H2,1H3,(H,33,34)(H,35,36)(H2,21,23,24)(H2,30,31,32)/t11?,14?,15-,16-/m1/s1. The molecule has 1 aliphatic heterocycles. The summed E-state index contributed by atoms with van der Waals surface area (Å²) in [6.07, 6.45) is -0.819. The van der Waals surface area contributed by atoms with Crippen molar-refractivity contribution < 1.29 is 60.7 Å². The lowest BCUT2D eigenvalue weighted by Gasteiger charge is -2.21. The maximum Gasteiger partial charge on any atom is 0.490 e. The van der Waals surface area contributed by atoms with Crippen molar-refractivity contribution in [1.29, 1.82) is 0 Å². The maximum absolute atomic E-state index is 13.3. The third-order valence-corrected chi connectivity index (χ3v) is 9.76. The average Bonchev–Trinajstić information content (AvgIpc) is 3.50. The summed E-state index contributed by atoms with van der Waals surface area (Å²) < 4.78 is 60.2. The van der Waals surface area contributed by atoms with E-state index in [1.807, 2.05) is 0 Å². The number of phosphoric acid groups is 3. The molecule has 1 saturated heterocycles. The predicted octanol–water partition coefficient (Wildman–Crippen LogP) is 2.51. The SMILES string of the molecule is CC(Cc1ccccc1C(=O)OC1C[C@H](n2cnc3c(N)ncnc32)O[C@@H]1COP(=O)(O)OP(=O)(O)OP(=O)(O)O)N=[N+]=[N-]. The monoisotopic (exact) mass is 678 g/mol. The van der Waals surface area contributed by atoms with Crippen LogP contribution in [0.2, 0.25) is 0 Å². The van der Waals surface area contributed by atoms with Gasteiger partial charge in [-0.25, -0.2) is 33.4 Å². The van der Waals surface area contributed by atoms with Crippen LogP contribution in [0.5, 0.6) is 0 Å². The first kappa shape index (κ1) is 33.6. The molecule has 3 heterocycles. The molecule has 1 fully saturated rings. The van der Waals surface area contributed by atoms with Gasteiger partial charge in [0.05, 0.1) is 18.5 Å². The number of phosphoric ester groups is 1. The zero-order valence-electron chi connectivity index (χ0n) is 22.4. The first-order chi connectivity index (χ1) is 20.6. The molecular weight excluding hydrogens is 653 g/mol. The lowest BCUT2D eigenvalue weighted by Crippen LogP contribution is -2.31. The van der Waals surface area contributed by atoms with Crippen LogP contribution in [0.3, 0.4) is 0 Å². The lowest BCUT2D eigenvalue weighted by atomic mass is 10.0. The van der Waals surface area contributed by atoms with Gasteiger partial charge < -0.3 is 34.8 Å². The molecule has 44 heavy (non-hydrogen) atoms. The number of nitrogen functional groups attached to an aromatic ring is 1. The maximum atomic E-state index is 13.3. The molecular formula is C20H25N8O13P3. The van der Waals surface area contributed by atoms with Crippen LogP contribution in [0, 0.1) is 0 Å². The van der Waals surface area contributed by atoms with Gasteiger partial charge in [0.2, 0.25) is 0 Å². The summed E-state index contributed by atoms with van der Waals surface area (Å²) in [5.74, 6) is -0.751. The van der Waals surface area contributed by atoms with Gasteiger partial charge in [-0.05, 0) is 23.6 Å². The summed E-state index contributed by atoms with van der Waals surface area (Å²) in [6, 6.07) is 5.89. The van der Waals surface area contributed by atoms with E-state index in [-0.39, 0.29) is 35.4 Å². The van der Waals surface area contributed by atoms with Crippen LogP contribution in [-0.2, 0) is 42.7 Å². The van der Waals surface area contributed by atoms with E-state index in [1.165, 1.54) is 23.3 Å². The number of hydrogen-bond donors (Lipinski definition) is 5. The molecule has 3 aromatic rings. The van der Waals surface area contributed by atoms with Crippen molar-refractivity contribution >= 4 is 46.4 Å². The van der Waals surface area contributed by atoms with E-state index < -0.39 is 60.5 Å². The van der Waals surface area contributed by atoms with Crippen LogP contribution in [0.1, 0.15) is 35.5 Å². The van der Waals surface area contributed by atoms with E-state index in [0.717, 1.165) is 0 Å². The summed E-state index contributed by atoms with van der Waals surface area (Å²) in [5.41, 5.74) is 15.7. The van der Waals surface area contributed by atoms with Gasteiger partial charge in [-0.1, -0.05) is 30.2 Å². The van der Waals surface area contributed by atoms with E-state index in [2.05, 4.69) is 33.6 Å². The molecule has 21 nitrogen and oxygen atoms in total. The van der Waals surface area contributed by atoms with Crippen molar-refractivity contribution in [1.82, 2.24) is 19.5 Å². The van der Waals surface area contributed by atoms with Crippen molar-refractivity contribution in [3.63, 3.8) is 0 Å². The van der Waals surface area contributed by atoms with Gasteiger partial charge in [-0.2, -0.15) is 8.62 Å². The minimum Gasteiger partial charge on any atom is -0.456 e. The van der Waals surface area contributed by atoms with Crippen molar-refractivity contribution in [2.24, 2.45) is 5.11 Å². The van der Waals surface area contributed by atoms with E-state index in [1.54, 1.807) is 25.1 Å². The molecule has 6 atom stereocenters. The number of hydrogen-bond acceptors (Lipinski definition) is 14. The van der Waals surface area contributed by atoms with Crippen molar-refractivity contribution in [3.8, 4) is 0 Å². The van der Waals surface area contributed by atoms with Crippen LogP contribution in [0.25, 0.3) is 21.6 Å². The molecule has 0 bridgehead atoms. The van der Waals surface area contributed by atoms with Gasteiger partial charge in [-0.15, -0.1) is 0 Å². The number of nitrogens with zero attached hydrogens (tertiary/aromatic N) is 7. The number of imidazole rings is 1. The highest BCUT2D eigenvalue weighted by Crippen LogP contribution is 2.66. The fraction of sp³-hybridized carbons (Fsp3) is 0.400. The fourth-order valence-corrected chi connectivity index (χ4v) is 7.27. The Hall–Kier alpha value is -3.28. The van der Waals surface area contributed by atoms with Crippen LogP contribution in [0.15, 0.2) is 42.0 Å². The minimum absolute atomic E-state index is 0.0745. The van der Waals surface area contributed by atoms with Gasteiger partial charge in [0.25, 0.3) is 0 Å². The Morgan fingerprint density at radius 1 is 1.18 bits per heavy atom. The molecule has 24 heteroatoms. The van der Waals surface area contributed by atoms with E-state index in [0.29, 0.717) is 5.56 Å². The molecule has 238 valence electrons. The number of nitrogens with two attached hydrogens (primary N) is 1. The molecule has 6 N–H and O–H groups in total. The molecule has 0 saturated carbocycles. The van der Waals surface area contributed by atoms with Crippen molar-refractivity contribution in [2.75, 3.05) is 12.3 Å². The van der Waals surface area contributed by atoms with E-state index in [9.17, 15) is 28.3 Å². The Labute approximate surface area is 247 Å². The quantitative estimate of drug-likeness (QED) is 0.0570. The van der Waals surface area contributed by atoms with Gasteiger partial charge in [0.1, 0.15) is 30.3 Å². The zero-order chi connectivity index (χ0) is 32.3. The molecule has 0 radical (unpaired) electrons. The van der Waals surface area contributed by atoms with Gasteiger partial charge in [0.15, 0.2) is 11.5 Å². The third-order valence-electron chi connectivity index (χ3n) is 5.96.